The van der Waals surface area contributed by atoms with Gasteiger partial charge in [-0.25, -0.2) is 15.0 Å². The molecule has 0 amide bonds. The summed E-state index contributed by atoms with van der Waals surface area (Å²) in [7, 11) is -1.71. The molecule has 0 saturated carbocycles. The van der Waals surface area contributed by atoms with Gasteiger partial charge in [-0.15, -0.1) is 13.2 Å². The van der Waals surface area contributed by atoms with Gasteiger partial charge < -0.3 is 24.5 Å². The summed E-state index contributed by atoms with van der Waals surface area (Å²) < 4.78 is 24.4. The van der Waals surface area contributed by atoms with Crippen molar-refractivity contribution in [1.29, 1.82) is 0 Å². The van der Waals surface area contributed by atoms with E-state index >= 15 is 0 Å². The van der Waals surface area contributed by atoms with Crippen LogP contribution in [0.15, 0.2) is 90.9 Å². The van der Waals surface area contributed by atoms with Gasteiger partial charge in [-0.3, -0.25) is 14.2 Å². The van der Waals surface area contributed by atoms with Crippen molar-refractivity contribution in [3.05, 3.63) is 108 Å². The highest BCUT2D eigenvalue weighted by Crippen LogP contribution is 2.33. The zero-order valence-corrected chi connectivity index (χ0v) is 25.9. The Morgan fingerprint density at radius 1 is 0.955 bits per heavy atom. The van der Waals surface area contributed by atoms with Crippen LogP contribution in [0.1, 0.15) is 44.0 Å². The summed E-state index contributed by atoms with van der Waals surface area (Å²) in [5.41, 5.74) is 6.84. The first-order chi connectivity index (χ1) is 21.3. The average molecular weight is 626 g/mol. The molecule has 3 aromatic rings. The molecule has 236 valence electrons. The lowest BCUT2D eigenvalue weighted by Gasteiger charge is -2.26. The molecule has 12 nitrogen and oxygen atoms in total. The van der Waals surface area contributed by atoms with Crippen LogP contribution in [0, 0.1) is 0 Å². The molecule has 4 unspecified atom stereocenters. The van der Waals surface area contributed by atoms with Crippen molar-refractivity contribution in [2.75, 3.05) is 12.3 Å². The van der Waals surface area contributed by atoms with Crippen molar-refractivity contribution >= 4 is 26.2 Å². The van der Waals surface area contributed by atoms with Crippen molar-refractivity contribution < 1.29 is 28.3 Å². The second kappa shape index (κ2) is 18.0. The quantitative estimate of drug-likeness (QED) is 0.135. The van der Waals surface area contributed by atoms with Crippen molar-refractivity contribution in [3.8, 4) is 0 Å². The van der Waals surface area contributed by atoms with Gasteiger partial charge in [-0.1, -0.05) is 60.7 Å². The highest BCUT2D eigenvalue weighted by Gasteiger charge is 2.30. The molecule has 1 aromatic heterocycles. The Labute approximate surface area is 258 Å². The summed E-state index contributed by atoms with van der Waals surface area (Å²) in [6, 6.07) is 18.8. The molecule has 0 spiro atoms. The van der Waals surface area contributed by atoms with Gasteiger partial charge in [0, 0.05) is 6.20 Å². The molecule has 4 rings (SSSR count). The fraction of sp³-hybridized carbons (Fsp3) is 0.355. The van der Waals surface area contributed by atoms with E-state index in [0.717, 1.165) is 11.1 Å². The Hall–Kier alpha value is -3.93. The van der Waals surface area contributed by atoms with Crippen LogP contribution in [0.5, 0.6) is 0 Å². The minimum absolute atomic E-state index is 0.136. The number of anilines is 1. The van der Waals surface area contributed by atoms with Crippen molar-refractivity contribution in [1.82, 2.24) is 19.7 Å². The van der Waals surface area contributed by atoms with E-state index in [1.54, 1.807) is 20.0 Å². The van der Waals surface area contributed by atoms with E-state index in [4.69, 9.17) is 24.5 Å². The predicted molar refractivity (Wildman–Crippen MR) is 168 cm³/mol. The lowest BCUT2D eigenvalue weighted by molar-refractivity contribution is -0.147. The van der Waals surface area contributed by atoms with Gasteiger partial charge in [-0.2, -0.15) is 4.98 Å². The minimum atomic E-state index is -1.71. The zero-order valence-electron chi connectivity index (χ0n) is 25.0. The van der Waals surface area contributed by atoms with E-state index in [-0.39, 0.29) is 31.7 Å². The highest BCUT2D eigenvalue weighted by molar-refractivity contribution is 7.48. The monoisotopic (exact) mass is 625 g/mol. The topological polar surface area (TPSA) is 156 Å². The highest BCUT2D eigenvalue weighted by atomic mass is 31.2. The van der Waals surface area contributed by atoms with Crippen molar-refractivity contribution in [2.45, 2.75) is 64.3 Å². The molecule has 0 aliphatic carbocycles. The molecule has 5 atom stereocenters. The predicted octanol–water partition coefficient (Wildman–Crippen LogP) is 3.99. The van der Waals surface area contributed by atoms with E-state index in [1.165, 1.54) is 10.6 Å². The van der Waals surface area contributed by atoms with Crippen LogP contribution in [0.3, 0.4) is 0 Å². The number of carbonyl (C=O) groups is 2. The molecule has 44 heavy (non-hydrogen) atoms. The molecular weight excluding hydrogens is 585 g/mol. The normalized spacial score (nSPS) is 17.9. The van der Waals surface area contributed by atoms with Crippen LogP contribution in [-0.4, -0.2) is 46.3 Å². The summed E-state index contributed by atoms with van der Waals surface area (Å²) >= 11 is 0. The molecule has 0 bridgehead atoms. The molecule has 2 aromatic carbocycles. The van der Waals surface area contributed by atoms with Gasteiger partial charge in [-0.05, 0) is 43.9 Å². The number of nitrogens with two attached hydrogens (primary N) is 1. The molecule has 2 heterocycles. The maximum absolute atomic E-state index is 12.7. The van der Waals surface area contributed by atoms with E-state index in [9.17, 15) is 14.4 Å². The van der Waals surface area contributed by atoms with E-state index < -0.39 is 44.4 Å². The van der Waals surface area contributed by atoms with Crippen molar-refractivity contribution in [3.63, 3.8) is 0 Å². The van der Waals surface area contributed by atoms with Gasteiger partial charge in [0.1, 0.15) is 37.3 Å². The number of aromatic nitrogens is 2. The minimum Gasteiger partial charge on any atom is -0.460 e. The Kier molecular flexibility index (Phi) is 14.1. The lowest BCUT2D eigenvalue weighted by Crippen LogP contribution is -2.40. The fourth-order valence-electron chi connectivity index (χ4n) is 4.09. The number of nitrogens with zero attached hydrogens (tertiary/aromatic N) is 2. The Morgan fingerprint density at radius 3 is 1.98 bits per heavy atom. The number of rotatable bonds is 14. The lowest BCUT2D eigenvalue weighted by atomic mass is 10.2. The molecule has 13 heteroatoms. The fourth-order valence-corrected chi connectivity index (χ4v) is 5.55. The maximum atomic E-state index is 12.7. The zero-order chi connectivity index (χ0) is 31.9. The Morgan fingerprint density at radius 2 is 1.48 bits per heavy atom. The maximum Gasteiger partial charge on any atom is 0.351 e. The van der Waals surface area contributed by atoms with Crippen LogP contribution >= 0.6 is 8.45 Å². The molecule has 1 aliphatic heterocycles. The number of carbonyl (C=O) groups excluding carboxylic acids is 2. The van der Waals surface area contributed by atoms with Gasteiger partial charge >= 0.3 is 17.6 Å². The first-order valence-corrected chi connectivity index (χ1v) is 15.4. The molecule has 4 N–H and O–H groups in total. The van der Waals surface area contributed by atoms with E-state index in [0.29, 0.717) is 12.8 Å². The number of nitrogen functional groups attached to an aromatic ring is 1. The van der Waals surface area contributed by atoms with Gasteiger partial charge in [0.05, 0.1) is 12.7 Å². The molecule has 0 radical (unpaired) electrons. The third-order valence-corrected chi connectivity index (χ3v) is 8.06. The van der Waals surface area contributed by atoms with Crippen molar-refractivity contribution in [2.24, 2.45) is 0 Å². The Balaban J connectivity index is 0.00000259. The van der Waals surface area contributed by atoms with Gasteiger partial charge in [0.15, 0.2) is 8.45 Å². The number of benzene rings is 2. The molecular formula is C31H40N5O7P. The average Bonchev–Trinajstić information content (AvgIpc) is 3.51. The van der Waals surface area contributed by atoms with Crippen LogP contribution in [0.2, 0.25) is 0 Å². The first kappa shape index (κ1) is 34.6. The second-order valence-electron chi connectivity index (χ2n) is 9.81. The number of hydrogen-bond acceptors (Lipinski definition) is 11. The number of ether oxygens (including phenoxy) is 3. The molecule has 1 saturated heterocycles. The third kappa shape index (κ3) is 11.0. The van der Waals surface area contributed by atoms with E-state index in [1.807, 2.05) is 60.7 Å². The SMILES string of the molecule is C=C.CC(NP(N[C@@H](C)C(=O)OCc1ccccc1)OCC1CCC(n2ccc(N)nc2=O)O1)C(=O)OCc1ccccc1. The third-order valence-electron chi connectivity index (χ3n) is 6.41. The second-order valence-corrected chi connectivity index (χ2v) is 11.2. The summed E-state index contributed by atoms with van der Waals surface area (Å²) in [6.07, 6.45) is 1.95. The van der Waals surface area contributed by atoms with Crippen LogP contribution in [0.25, 0.3) is 0 Å². The largest absolute Gasteiger partial charge is 0.460 e. The van der Waals surface area contributed by atoms with Crippen LogP contribution in [-0.2, 0) is 41.5 Å². The van der Waals surface area contributed by atoms with Gasteiger partial charge in [0.2, 0.25) is 0 Å². The van der Waals surface area contributed by atoms with Crippen LogP contribution < -0.4 is 21.6 Å². The molecule has 1 fully saturated rings. The standard InChI is InChI=1S/C29H36N5O7P.C2H4/c1-20(27(35)38-17-22-9-5-3-6-10-22)32-42(33-21(2)28(36)39-18-23-11-7-4-8-12-23)40-19-24-13-14-26(41-24)34-16-15-25(30)31-29(34)37;1-2/h3-12,15-16,20-21,24,26,32-33H,13-14,17-19H2,1-2H3,(H2,30,31,37);1-2H2/t20-,21?,24?,26?,42?;/m0./s1. The van der Waals surface area contributed by atoms with Gasteiger partial charge in [0.25, 0.3) is 0 Å². The van der Waals surface area contributed by atoms with E-state index in [2.05, 4.69) is 28.3 Å². The smallest absolute Gasteiger partial charge is 0.351 e. The van der Waals surface area contributed by atoms with Crippen LogP contribution in [0.4, 0.5) is 5.82 Å². The summed E-state index contributed by atoms with van der Waals surface area (Å²) in [4.78, 5) is 41.4. The number of hydrogen-bond donors (Lipinski definition) is 3. The number of esters is 2. The number of nitrogens with one attached hydrogen (secondary N) is 2. The summed E-state index contributed by atoms with van der Waals surface area (Å²) in [6.45, 7) is 9.74. The Bertz CT molecular complexity index is 1320. The summed E-state index contributed by atoms with van der Waals surface area (Å²) in [5, 5.41) is 6.22. The first-order valence-electron chi connectivity index (χ1n) is 14.1. The molecule has 1 aliphatic rings. The summed E-state index contributed by atoms with van der Waals surface area (Å²) in [5.74, 6) is -0.795.